The molecule has 0 radical (unpaired) electrons. The third-order valence-corrected chi connectivity index (χ3v) is 14.3. The molecule has 0 aliphatic heterocycles. The Kier molecular flexibility index (Phi) is 5.61. The predicted molar refractivity (Wildman–Crippen MR) is 79.3 cm³/mol. The van der Waals surface area contributed by atoms with E-state index >= 15 is 0 Å². The van der Waals surface area contributed by atoms with Crippen molar-refractivity contribution in [3.63, 3.8) is 0 Å². The maximum absolute atomic E-state index is 4.02. The van der Waals surface area contributed by atoms with Crippen molar-refractivity contribution in [2.24, 2.45) is 0 Å². The van der Waals surface area contributed by atoms with Gasteiger partial charge in [-0.05, 0) is 48.0 Å². The minimum Gasteiger partial charge on any atom is -0.305 e. The minimum atomic E-state index is -1.69. The Morgan fingerprint density at radius 1 is 0.875 bits per heavy atom. The van der Waals surface area contributed by atoms with Crippen molar-refractivity contribution in [3.05, 3.63) is 12.3 Å². The molecule has 0 aliphatic rings. The molecule has 96 valence electrons. The molecule has 16 heavy (non-hydrogen) atoms. The van der Waals surface area contributed by atoms with Gasteiger partial charge in [-0.2, -0.15) is 0 Å². The monoisotopic (exact) mass is 259 g/mol. The van der Waals surface area contributed by atoms with Crippen LogP contribution in [-0.4, -0.2) is 72.6 Å². The van der Waals surface area contributed by atoms with Crippen LogP contribution in [0.1, 0.15) is 0 Å². The summed E-state index contributed by atoms with van der Waals surface area (Å²) < 4.78 is 7.31. The number of hydrogen-bond acceptors (Lipinski definition) is 3. The third-order valence-electron chi connectivity index (χ3n) is 3.39. The summed E-state index contributed by atoms with van der Waals surface area (Å²) in [7, 11) is 10.3. The Morgan fingerprint density at radius 3 is 1.38 bits per heavy atom. The summed E-state index contributed by atoms with van der Waals surface area (Å²) in [5.74, 6) is 0. The van der Waals surface area contributed by atoms with Crippen LogP contribution in [-0.2, 0) is 0 Å². The Hall–Kier alpha value is 0.0538. The van der Waals surface area contributed by atoms with Gasteiger partial charge in [0.25, 0.3) is 8.56 Å². The standard InChI is InChI=1S/C11H29N3Si2/c1-10-15(8,9)11-16(12(2)3,13(4)5)14(6)7/h10H,1,11H2,2-9H3. The molecule has 0 amide bonds. The van der Waals surface area contributed by atoms with Crippen LogP contribution >= 0.6 is 0 Å². The SMILES string of the molecule is C=C[Si](C)(C)C[Si](N(C)C)(N(C)C)N(C)C. The van der Waals surface area contributed by atoms with Gasteiger partial charge in [0.1, 0.15) is 0 Å². The Morgan fingerprint density at radius 2 is 1.19 bits per heavy atom. The highest BCUT2D eigenvalue weighted by atomic mass is 28.4. The number of nitrogens with zero attached hydrogens (tertiary/aromatic N) is 3. The molecule has 0 bridgehead atoms. The average Bonchev–Trinajstić information content (AvgIpc) is 2.12. The molecule has 0 unspecified atom stereocenters. The summed E-state index contributed by atoms with van der Waals surface area (Å²) in [5, 5.41) is 0. The fourth-order valence-electron chi connectivity index (χ4n) is 2.36. The van der Waals surface area contributed by atoms with E-state index in [0.717, 1.165) is 0 Å². The molecule has 0 aliphatic carbocycles. The van der Waals surface area contributed by atoms with Crippen LogP contribution in [0.2, 0.25) is 18.8 Å². The molecule has 5 heteroatoms. The van der Waals surface area contributed by atoms with Crippen molar-refractivity contribution >= 4 is 16.6 Å². The summed E-state index contributed by atoms with van der Waals surface area (Å²) in [5.41, 5.74) is 3.50. The van der Waals surface area contributed by atoms with Gasteiger partial charge in [-0.25, -0.2) is 0 Å². The highest BCUT2D eigenvalue weighted by Crippen LogP contribution is 2.25. The van der Waals surface area contributed by atoms with E-state index in [0.29, 0.717) is 0 Å². The molecule has 0 saturated heterocycles. The molecule has 0 atom stereocenters. The van der Waals surface area contributed by atoms with Gasteiger partial charge in [0.05, 0.1) is 8.07 Å². The predicted octanol–water partition coefficient (Wildman–Crippen LogP) is 1.58. The van der Waals surface area contributed by atoms with Gasteiger partial charge in [-0.3, -0.25) is 0 Å². The number of rotatable bonds is 6. The molecule has 0 N–H and O–H groups in total. The molecular formula is C11H29N3Si2. The van der Waals surface area contributed by atoms with Gasteiger partial charge >= 0.3 is 0 Å². The van der Waals surface area contributed by atoms with Crippen molar-refractivity contribution in [1.82, 2.24) is 13.7 Å². The van der Waals surface area contributed by atoms with Crippen LogP contribution in [0.15, 0.2) is 12.3 Å². The summed E-state index contributed by atoms with van der Waals surface area (Å²) in [6, 6.07) is 0. The van der Waals surface area contributed by atoms with Gasteiger partial charge < -0.3 is 13.7 Å². The van der Waals surface area contributed by atoms with Crippen LogP contribution in [0.3, 0.4) is 0 Å². The molecule has 0 saturated carbocycles. The zero-order valence-electron chi connectivity index (χ0n) is 12.3. The smallest absolute Gasteiger partial charge is 0.285 e. The maximum atomic E-state index is 4.02. The van der Waals surface area contributed by atoms with E-state index in [2.05, 4.69) is 81.4 Å². The normalized spacial score (nSPS) is 13.9. The average molecular weight is 260 g/mol. The zero-order chi connectivity index (χ0) is 13.1. The molecule has 0 rings (SSSR count). The molecule has 0 aromatic heterocycles. The van der Waals surface area contributed by atoms with E-state index in [4.69, 9.17) is 0 Å². The second kappa shape index (κ2) is 5.59. The molecule has 3 nitrogen and oxygen atoms in total. The summed E-state index contributed by atoms with van der Waals surface area (Å²) in [4.78, 5) is 0. The van der Waals surface area contributed by atoms with E-state index in [9.17, 15) is 0 Å². The third kappa shape index (κ3) is 3.27. The highest BCUT2D eigenvalue weighted by molar-refractivity contribution is 6.95. The van der Waals surface area contributed by atoms with Gasteiger partial charge in [-0.15, -0.1) is 12.3 Å². The van der Waals surface area contributed by atoms with Crippen molar-refractivity contribution in [3.8, 4) is 0 Å². The first kappa shape index (κ1) is 16.1. The van der Waals surface area contributed by atoms with E-state index in [-0.39, 0.29) is 0 Å². The molecule has 0 aromatic carbocycles. The second-order valence-electron chi connectivity index (χ2n) is 5.83. The zero-order valence-corrected chi connectivity index (χ0v) is 14.3. The summed E-state index contributed by atoms with van der Waals surface area (Å²) in [6.45, 7) is 8.83. The van der Waals surface area contributed by atoms with Crippen LogP contribution in [0.25, 0.3) is 0 Å². The molecule has 0 heterocycles. The van der Waals surface area contributed by atoms with Crippen molar-refractivity contribution in [2.45, 2.75) is 18.8 Å². The summed E-state index contributed by atoms with van der Waals surface area (Å²) >= 11 is 0. The van der Waals surface area contributed by atoms with Crippen LogP contribution < -0.4 is 0 Å². The highest BCUT2D eigenvalue weighted by Gasteiger charge is 2.46. The topological polar surface area (TPSA) is 9.72 Å². The van der Waals surface area contributed by atoms with E-state index in [1.807, 2.05) is 0 Å². The Labute approximate surface area is 104 Å². The lowest BCUT2D eigenvalue weighted by Gasteiger charge is -2.49. The van der Waals surface area contributed by atoms with Gasteiger partial charge in [0.15, 0.2) is 0 Å². The van der Waals surface area contributed by atoms with Gasteiger partial charge in [0.2, 0.25) is 0 Å². The van der Waals surface area contributed by atoms with E-state index in [1.165, 1.54) is 5.67 Å². The number of hydrogen-bond donors (Lipinski definition) is 0. The lowest BCUT2D eigenvalue weighted by Crippen LogP contribution is -2.72. The maximum Gasteiger partial charge on any atom is 0.285 e. The molecular weight excluding hydrogens is 230 g/mol. The molecule has 0 fully saturated rings. The van der Waals surface area contributed by atoms with Crippen LogP contribution in [0.4, 0.5) is 0 Å². The fourth-order valence-corrected chi connectivity index (χ4v) is 14.0. The second-order valence-corrected chi connectivity index (χ2v) is 15.9. The van der Waals surface area contributed by atoms with Gasteiger partial charge in [-0.1, -0.05) is 13.1 Å². The largest absolute Gasteiger partial charge is 0.305 e. The lowest BCUT2D eigenvalue weighted by molar-refractivity contribution is 0.383. The van der Waals surface area contributed by atoms with E-state index in [1.54, 1.807) is 0 Å². The minimum absolute atomic E-state index is 1.29. The quantitative estimate of drug-likeness (QED) is 0.671. The van der Waals surface area contributed by atoms with Crippen molar-refractivity contribution in [1.29, 1.82) is 0 Å². The summed E-state index contributed by atoms with van der Waals surface area (Å²) in [6.07, 6.45) is 0. The molecule has 0 aromatic rings. The fraction of sp³-hybridized carbons (Fsp3) is 0.818. The first-order valence-electron chi connectivity index (χ1n) is 5.76. The van der Waals surface area contributed by atoms with Crippen LogP contribution in [0, 0.1) is 0 Å². The molecule has 0 spiro atoms. The van der Waals surface area contributed by atoms with E-state index < -0.39 is 16.6 Å². The Bertz CT molecular complexity index is 216. The van der Waals surface area contributed by atoms with Crippen molar-refractivity contribution < 1.29 is 0 Å². The van der Waals surface area contributed by atoms with Gasteiger partial charge in [0, 0.05) is 0 Å². The van der Waals surface area contributed by atoms with Crippen molar-refractivity contribution in [2.75, 3.05) is 42.3 Å². The Balaban J connectivity index is 5.29. The first-order chi connectivity index (χ1) is 7.10. The first-order valence-corrected chi connectivity index (χ1v) is 11.1. The lowest BCUT2D eigenvalue weighted by atomic mass is 11.2. The van der Waals surface area contributed by atoms with Crippen LogP contribution in [0.5, 0.6) is 0 Å².